The van der Waals surface area contributed by atoms with Gasteiger partial charge in [-0.05, 0) is 62.1 Å². The Morgan fingerprint density at radius 1 is 0.778 bits per heavy atom. The van der Waals surface area contributed by atoms with Crippen molar-refractivity contribution in [2.75, 3.05) is 13.3 Å². The number of ether oxygens (including phenoxy) is 1. The summed E-state index contributed by atoms with van der Waals surface area (Å²) in [5, 5.41) is 4.41. The van der Waals surface area contributed by atoms with E-state index in [0.717, 1.165) is 25.7 Å². The molecule has 1 aliphatic rings. The minimum Gasteiger partial charge on any atom is -0.469 e. The second-order valence-electron chi connectivity index (χ2n) is 9.37. The van der Waals surface area contributed by atoms with Gasteiger partial charge in [0, 0.05) is 6.42 Å². The summed E-state index contributed by atoms with van der Waals surface area (Å²) in [5.41, 5.74) is 0. The largest absolute Gasteiger partial charge is 0.469 e. The van der Waals surface area contributed by atoms with Gasteiger partial charge in [-0.3, -0.25) is 9.59 Å². The Balaban J connectivity index is 1.58. The smallest absolute Gasteiger partial charge is 0.313 e. The van der Waals surface area contributed by atoms with Crippen LogP contribution in [-0.4, -0.2) is 25.0 Å². The van der Waals surface area contributed by atoms with Gasteiger partial charge in [0.1, 0.15) is 35.4 Å². The lowest BCUT2D eigenvalue weighted by Gasteiger charge is -2.28. The van der Waals surface area contributed by atoms with Gasteiger partial charge in [0.25, 0.3) is 0 Å². The molecule has 4 heteroatoms. The Hall–Kier alpha value is -2.77. The van der Waals surface area contributed by atoms with Gasteiger partial charge >= 0.3 is 5.97 Å². The molecule has 0 fully saturated rings. The SMILES string of the molecule is COC(=O)CC(=O)CCCCCCCCC[P+](C1=CCC=CC=C1)(c1ccccc1)c1ccccc1. The fourth-order valence-electron chi connectivity index (χ4n) is 4.93. The monoisotopic (exact) mass is 503 g/mol. The summed E-state index contributed by atoms with van der Waals surface area (Å²) in [7, 11) is -0.415. The molecule has 190 valence electrons. The summed E-state index contributed by atoms with van der Waals surface area (Å²) in [5.74, 6) is -0.447. The van der Waals surface area contributed by atoms with Gasteiger partial charge < -0.3 is 4.74 Å². The summed E-state index contributed by atoms with van der Waals surface area (Å²) >= 11 is 0. The predicted octanol–water partition coefficient (Wildman–Crippen LogP) is 7.31. The van der Waals surface area contributed by atoms with Crippen LogP contribution in [0.4, 0.5) is 0 Å². The molecule has 0 unspecified atom stereocenters. The average Bonchev–Trinajstić information content (AvgIpc) is 3.21. The van der Waals surface area contributed by atoms with Crippen molar-refractivity contribution in [2.24, 2.45) is 0 Å². The van der Waals surface area contributed by atoms with Crippen LogP contribution >= 0.6 is 7.26 Å². The summed E-state index contributed by atoms with van der Waals surface area (Å²) in [6.07, 6.45) is 21.8. The minimum absolute atomic E-state index is 0.0129. The zero-order valence-corrected chi connectivity index (χ0v) is 22.5. The van der Waals surface area contributed by atoms with E-state index in [2.05, 4.69) is 95.8 Å². The summed E-state index contributed by atoms with van der Waals surface area (Å²) in [4.78, 5) is 22.9. The highest BCUT2D eigenvalue weighted by molar-refractivity contribution is 7.93. The molecule has 1 aliphatic carbocycles. The average molecular weight is 504 g/mol. The quantitative estimate of drug-likeness (QED) is 0.111. The van der Waals surface area contributed by atoms with Gasteiger partial charge in [-0.2, -0.15) is 0 Å². The minimum atomic E-state index is -1.74. The van der Waals surface area contributed by atoms with Crippen molar-refractivity contribution in [3.05, 3.63) is 96.4 Å². The molecule has 0 radical (unpaired) electrons. The molecule has 2 aromatic carbocycles. The van der Waals surface area contributed by atoms with E-state index >= 15 is 0 Å². The lowest BCUT2D eigenvalue weighted by atomic mass is 10.1. The van der Waals surface area contributed by atoms with Gasteiger partial charge in [-0.25, -0.2) is 0 Å². The normalized spacial score (nSPS) is 13.2. The molecule has 3 rings (SSSR count). The number of unbranched alkanes of at least 4 members (excludes halogenated alkanes) is 6. The maximum absolute atomic E-state index is 11.8. The summed E-state index contributed by atoms with van der Waals surface area (Å²) < 4.78 is 4.56. The molecule has 0 heterocycles. The fourth-order valence-corrected chi connectivity index (χ4v) is 9.41. The van der Waals surface area contributed by atoms with Crippen LogP contribution in [0.15, 0.2) is 96.4 Å². The highest BCUT2D eigenvalue weighted by atomic mass is 31.2. The van der Waals surface area contributed by atoms with Crippen LogP contribution in [0.3, 0.4) is 0 Å². The number of benzene rings is 2. The first-order valence-corrected chi connectivity index (χ1v) is 15.3. The lowest BCUT2D eigenvalue weighted by Crippen LogP contribution is -2.26. The number of hydrogen-bond donors (Lipinski definition) is 0. The van der Waals surface area contributed by atoms with E-state index in [1.807, 2.05) is 0 Å². The van der Waals surface area contributed by atoms with Crippen LogP contribution in [-0.2, 0) is 14.3 Å². The number of allylic oxidation sites excluding steroid dienone is 6. The standard InChI is InChI=1S/C32H40O3P/c1-35-32(34)27-28(33)19-11-5-3-2-4-8-18-26-36(30-22-14-9-15-23-30,31-24-16-10-17-25-31)29-20-12-6-7-13-21-29/h6-7,9-10,12,14-17,20-25H,2-5,8,11,13,18-19,26-27H2,1H3/q+1. The number of rotatable bonds is 15. The van der Waals surface area contributed by atoms with Crippen LogP contribution in [0, 0.1) is 0 Å². The van der Waals surface area contributed by atoms with Crippen molar-refractivity contribution in [2.45, 2.75) is 64.2 Å². The van der Waals surface area contributed by atoms with Crippen LogP contribution in [0.5, 0.6) is 0 Å². The molecule has 0 saturated heterocycles. The zero-order chi connectivity index (χ0) is 25.5. The number of methoxy groups -OCH3 is 1. The number of hydrogen-bond acceptors (Lipinski definition) is 3. The molecule has 0 N–H and O–H groups in total. The molecule has 0 bridgehead atoms. The number of esters is 1. The van der Waals surface area contributed by atoms with Crippen LogP contribution in [0.2, 0.25) is 0 Å². The molecule has 0 aliphatic heterocycles. The van der Waals surface area contributed by atoms with Crippen molar-refractivity contribution >= 4 is 29.6 Å². The molecule has 0 spiro atoms. The molecule has 3 nitrogen and oxygen atoms in total. The Kier molecular flexibility index (Phi) is 11.9. The number of carbonyl (C=O) groups is 2. The van der Waals surface area contributed by atoms with E-state index in [9.17, 15) is 9.59 Å². The molecule has 0 amide bonds. The van der Waals surface area contributed by atoms with Crippen molar-refractivity contribution in [1.29, 1.82) is 0 Å². The van der Waals surface area contributed by atoms with Gasteiger partial charge in [0.2, 0.25) is 0 Å². The van der Waals surface area contributed by atoms with E-state index in [1.54, 1.807) is 0 Å². The summed E-state index contributed by atoms with van der Waals surface area (Å²) in [6.45, 7) is 0. The molecular formula is C32H40O3P+. The maximum atomic E-state index is 11.8. The van der Waals surface area contributed by atoms with Crippen molar-refractivity contribution in [3.8, 4) is 0 Å². The van der Waals surface area contributed by atoms with Crippen molar-refractivity contribution in [1.82, 2.24) is 0 Å². The molecular weight excluding hydrogens is 463 g/mol. The van der Waals surface area contributed by atoms with Gasteiger partial charge in [0.05, 0.1) is 13.3 Å². The van der Waals surface area contributed by atoms with E-state index in [1.165, 1.54) is 54.9 Å². The highest BCUT2D eigenvalue weighted by Gasteiger charge is 2.45. The zero-order valence-electron chi connectivity index (χ0n) is 21.6. The first-order chi connectivity index (χ1) is 17.7. The van der Waals surface area contributed by atoms with E-state index in [4.69, 9.17) is 0 Å². The molecule has 0 saturated carbocycles. The van der Waals surface area contributed by atoms with Crippen LogP contribution in [0.1, 0.15) is 64.2 Å². The maximum Gasteiger partial charge on any atom is 0.313 e. The number of Topliss-reactive ketones (excluding diaryl/α,β-unsaturated/α-hetero) is 1. The Labute approximate surface area is 217 Å². The molecule has 0 atom stereocenters. The lowest BCUT2D eigenvalue weighted by molar-refractivity contribution is -0.143. The number of ketones is 1. The second-order valence-corrected chi connectivity index (χ2v) is 13.0. The third kappa shape index (κ3) is 8.14. The Bertz CT molecular complexity index is 998. The third-order valence-electron chi connectivity index (χ3n) is 6.83. The van der Waals surface area contributed by atoms with Gasteiger partial charge in [0.15, 0.2) is 0 Å². The molecule has 2 aromatic rings. The molecule has 0 aromatic heterocycles. The number of carbonyl (C=O) groups excluding carboxylic acids is 2. The van der Waals surface area contributed by atoms with Crippen LogP contribution < -0.4 is 10.6 Å². The van der Waals surface area contributed by atoms with Gasteiger partial charge in [-0.1, -0.05) is 80.3 Å². The first kappa shape index (κ1) is 27.8. The van der Waals surface area contributed by atoms with Crippen molar-refractivity contribution < 1.29 is 14.3 Å². The highest BCUT2D eigenvalue weighted by Crippen LogP contribution is 2.64. The topological polar surface area (TPSA) is 43.4 Å². The van der Waals surface area contributed by atoms with E-state index in [0.29, 0.717) is 6.42 Å². The van der Waals surface area contributed by atoms with E-state index < -0.39 is 13.2 Å². The Morgan fingerprint density at radius 3 is 1.97 bits per heavy atom. The first-order valence-electron chi connectivity index (χ1n) is 13.3. The third-order valence-corrected chi connectivity index (χ3v) is 11.4. The molecule has 36 heavy (non-hydrogen) atoms. The predicted molar refractivity (Wildman–Crippen MR) is 153 cm³/mol. The summed E-state index contributed by atoms with van der Waals surface area (Å²) in [6, 6.07) is 22.3. The van der Waals surface area contributed by atoms with E-state index in [-0.39, 0.29) is 12.2 Å². The van der Waals surface area contributed by atoms with Gasteiger partial charge in [-0.15, -0.1) is 0 Å². The van der Waals surface area contributed by atoms with Crippen LogP contribution in [0.25, 0.3) is 0 Å². The van der Waals surface area contributed by atoms with Crippen molar-refractivity contribution in [3.63, 3.8) is 0 Å². The fraction of sp³-hybridized carbons (Fsp3) is 0.375. The Morgan fingerprint density at radius 2 is 1.36 bits per heavy atom. The second kappa shape index (κ2) is 15.4.